The average Bonchev–Trinajstić information content (AvgIpc) is 3.11. The van der Waals surface area contributed by atoms with Crippen LogP contribution in [0, 0.1) is 6.92 Å². The van der Waals surface area contributed by atoms with Crippen LogP contribution in [0.5, 0.6) is 0 Å². The van der Waals surface area contributed by atoms with Crippen LogP contribution in [0.25, 0.3) is 10.2 Å². The second kappa shape index (κ2) is 10.2. The van der Waals surface area contributed by atoms with Gasteiger partial charge in [-0.15, -0.1) is 0 Å². The van der Waals surface area contributed by atoms with E-state index in [1.807, 2.05) is 6.92 Å². The number of aryl methyl sites for hydroxylation is 2. The number of sulfonamides is 1. The largest absolute Gasteiger partial charge is 0.469 e. The van der Waals surface area contributed by atoms with Gasteiger partial charge in [-0.2, -0.15) is 4.99 Å². The lowest BCUT2D eigenvalue weighted by Gasteiger charge is -2.05. The Bertz CT molecular complexity index is 1520. The second-order valence-corrected chi connectivity index (χ2v) is 12.1. The van der Waals surface area contributed by atoms with E-state index >= 15 is 0 Å². The van der Waals surface area contributed by atoms with E-state index in [-0.39, 0.29) is 34.0 Å². The van der Waals surface area contributed by atoms with Crippen LogP contribution in [0.4, 0.5) is 0 Å². The molecule has 10 nitrogen and oxygen atoms in total. The number of carbonyl (C=O) groups is 2. The highest BCUT2D eigenvalue weighted by Gasteiger charge is 2.18. The summed E-state index contributed by atoms with van der Waals surface area (Å²) in [6.45, 7) is 1.96. The molecule has 0 radical (unpaired) electrons. The van der Waals surface area contributed by atoms with Gasteiger partial charge in [0.2, 0.25) is 15.9 Å². The molecule has 1 amide bonds. The quantitative estimate of drug-likeness (QED) is 0.437. The molecule has 0 unspecified atom stereocenters. The number of sulfone groups is 1. The molecule has 13 heteroatoms. The zero-order valence-electron chi connectivity index (χ0n) is 18.4. The summed E-state index contributed by atoms with van der Waals surface area (Å²) in [6, 6.07) is 10.5. The third-order valence-electron chi connectivity index (χ3n) is 4.94. The molecule has 2 aromatic carbocycles. The number of benzene rings is 2. The van der Waals surface area contributed by atoms with Crippen molar-refractivity contribution in [3.05, 3.63) is 52.8 Å². The Balaban J connectivity index is 1.93. The van der Waals surface area contributed by atoms with E-state index in [0.29, 0.717) is 10.2 Å². The van der Waals surface area contributed by atoms with Crippen LogP contribution in [0.15, 0.2) is 57.2 Å². The number of amides is 1. The van der Waals surface area contributed by atoms with Gasteiger partial charge in [0.05, 0.1) is 39.3 Å². The van der Waals surface area contributed by atoms with Gasteiger partial charge in [-0.05, 0) is 37.3 Å². The van der Waals surface area contributed by atoms with Crippen LogP contribution in [0.3, 0.4) is 0 Å². The van der Waals surface area contributed by atoms with Gasteiger partial charge in [-0.1, -0.05) is 29.0 Å². The van der Waals surface area contributed by atoms with Crippen molar-refractivity contribution < 1.29 is 31.2 Å². The molecule has 2 N–H and O–H groups in total. The van der Waals surface area contributed by atoms with E-state index in [4.69, 9.17) is 5.14 Å². The molecule has 0 spiro atoms. The van der Waals surface area contributed by atoms with Crippen molar-refractivity contribution in [2.45, 2.75) is 36.1 Å². The van der Waals surface area contributed by atoms with Gasteiger partial charge in [0, 0.05) is 13.0 Å². The van der Waals surface area contributed by atoms with Crippen LogP contribution in [-0.4, -0.2) is 46.1 Å². The number of nitrogens with zero attached hydrogens (tertiary/aromatic N) is 2. The minimum absolute atomic E-state index is 0.0115. The summed E-state index contributed by atoms with van der Waals surface area (Å²) in [6.07, 6.45) is -0.355. The topological polar surface area (TPSA) is 155 Å². The third-order valence-corrected chi connectivity index (χ3v) is 8.62. The first-order valence-corrected chi connectivity index (χ1v) is 14.0. The third kappa shape index (κ3) is 6.17. The van der Waals surface area contributed by atoms with Crippen LogP contribution in [0.1, 0.15) is 18.4 Å². The van der Waals surface area contributed by atoms with Gasteiger partial charge in [-0.25, -0.2) is 22.0 Å². The highest BCUT2D eigenvalue weighted by molar-refractivity contribution is 7.91. The number of hydrogen-bond donors (Lipinski definition) is 1. The van der Waals surface area contributed by atoms with Crippen LogP contribution in [0.2, 0.25) is 0 Å². The van der Waals surface area contributed by atoms with Gasteiger partial charge in [0.25, 0.3) is 0 Å². The SMILES string of the molecule is COC(=O)CCn1c(=NC(=O)CCS(=O)(=O)c2ccc(C)cc2)sc2cc(S(N)(=O)=O)ccc21. The van der Waals surface area contributed by atoms with Crippen LogP contribution in [-0.2, 0) is 40.7 Å². The molecule has 0 aliphatic heterocycles. The standard InChI is InChI=1S/C21H23N3O7S3/c1-14-3-5-15(6-4-14)33(27,28)12-10-19(25)23-21-24(11-9-20(26)31-2)17-8-7-16(34(22,29)30)13-18(17)32-21/h3-8,13H,9-12H2,1-2H3,(H2,22,29,30). The predicted molar refractivity (Wildman–Crippen MR) is 126 cm³/mol. The molecular formula is C21H23N3O7S3. The average molecular weight is 526 g/mol. The Hall–Kier alpha value is -2.87. The summed E-state index contributed by atoms with van der Waals surface area (Å²) in [5.74, 6) is -1.56. The lowest BCUT2D eigenvalue weighted by atomic mass is 10.2. The summed E-state index contributed by atoms with van der Waals surface area (Å²) in [7, 11) is -6.37. The van der Waals surface area contributed by atoms with Crippen molar-refractivity contribution in [2.75, 3.05) is 12.9 Å². The zero-order chi connectivity index (χ0) is 25.1. The Morgan fingerprint density at radius 3 is 2.29 bits per heavy atom. The molecule has 0 atom stereocenters. The van der Waals surface area contributed by atoms with Crippen molar-refractivity contribution in [3.8, 4) is 0 Å². The fourth-order valence-corrected chi connectivity index (χ4v) is 6.04. The first-order valence-electron chi connectivity index (χ1n) is 10.0. The monoisotopic (exact) mass is 525 g/mol. The number of methoxy groups -OCH3 is 1. The Kier molecular flexibility index (Phi) is 7.70. The summed E-state index contributed by atoms with van der Waals surface area (Å²) >= 11 is 1.03. The molecule has 0 aliphatic rings. The van der Waals surface area contributed by atoms with Crippen molar-refractivity contribution in [1.82, 2.24) is 4.57 Å². The molecule has 0 bridgehead atoms. The maximum atomic E-state index is 12.5. The van der Waals surface area contributed by atoms with E-state index in [1.54, 1.807) is 16.7 Å². The minimum Gasteiger partial charge on any atom is -0.469 e. The molecule has 182 valence electrons. The molecule has 1 heterocycles. The van der Waals surface area contributed by atoms with Gasteiger partial charge in [-0.3, -0.25) is 9.59 Å². The molecule has 0 saturated heterocycles. The Labute approximate surface area is 200 Å². The molecule has 34 heavy (non-hydrogen) atoms. The van der Waals surface area contributed by atoms with E-state index in [1.165, 1.54) is 37.4 Å². The summed E-state index contributed by atoms with van der Waals surface area (Å²) in [5, 5.41) is 5.20. The lowest BCUT2D eigenvalue weighted by Crippen LogP contribution is -2.20. The number of nitrogens with two attached hydrogens (primary N) is 1. The van der Waals surface area contributed by atoms with Gasteiger partial charge >= 0.3 is 5.97 Å². The van der Waals surface area contributed by atoms with E-state index < -0.39 is 37.5 Å². The Morgan fingerprint density at radius 1 is 1.03 bits per heavy atom. The summed E-state index contributed by atoms with van der Waals surface area (Å²) < 4.78 is 55.2. The smallest absolute Gasteiger partial charge is 0.307 e. The number of ether oxygens (including phenoxy) is 1. The van der Waals surface area contributed by atoms with Crippen molar-refractivity contribution in [3.63, 3.8) is 0 Å². The minimum atomic E-state index is -3.95. The highest BCUT2D eigenvalue weighted by atomic mass is 32.2. The predicted octanol–water partition coefficient (Wildman–Crippen LogP) is 1.51. The van der Waals surface area contributed by atoms with E-state index in [9.17, 15) is 26.4 Å². The molecule has 3 rings (SSSR count). The molecule has 0 fully saturated rings. The first kappa shape index (κ1) is 25.7. The normalized spacial score (nSPS) is 12.7. The number of carbonyl (C=O) groups excluding carboxylic acids is 2. The van der Waals surface area contributed by atoms with Gasteiger partial charge in [0.1, 0.15) is 0 Å². The first-order chi connectivity index (χ1) is 15.9. The van der Waals surface area contributed by atoms with Crippen LogP contribution >= 0.6 is 11.3 Å². The van der Waals surface area contributed by atoms with Crippen molar-refractivity contribution >= 4 is 53.3 Å². The van der Waals surface area contributed by atoms with Gasteiger partial charge < -0.3 is 9.30 Å². The lowest BCUT2D eigenvalue weighted by molar-refractivity contribution is -0.140. The molecule has 1 aromatic heterocycles. The van der Waals surface area contributed by atoms with Gasteiger partial charge in [0.15, 0.2) is 14.6 Å². The number of hydrogen-bond acceptors (Lipinski definition) is 8. The Morgan fingerprint density at radius 2 is 1.68 bits per heavy atom. The number of primary sulfonamides is 1. The molecular weight excluding hydrogens is 502 g/mol. The van der Waals surface area contributed by atoms with E-state index in [0.717, 1.165) is 16.9 Å². The number of esters is 1. The maximum absolute atomic E-state index is 12.5. The number of aromatic nitrogens is 1. The van der Waals surface area contributed by atoms with Crippen molar-refractivity contribution in [2.24, 2.45) is 10.1 Å². The molecule has 3 aromatic rings. The molecule has 0 aliphatic carbocycles. The highest BCUT2D eigenvalue weighted by Crippen LogP contribution is 2.22. The fourth-order valence-electron chi connectivity index (χ4n) is 3.08. The number of thiazole rings is 1. The van der Waals surface area contributed by atoms with Crippen LogP contribution < -0.4 is 9.94 Å². The number of rotatable bonds is 8. The molecule has 0 saturated carbocycles. The number of fused-ring (bicyclic) bond motifs is 1. The summed E-state index contributed by atoms with van der Waals surface area (Å²) in [5.41, 5.74) is 1.46. The zero-order valence-corrected chi connectivity index (χ0v) is 20.9. The summed E-state index contributed by atoms with van der Waals surface area (Å²) in [4.78, 5) is 28.4. The van der Waals surface area contributed by atoms with Crippen molar-refractivity contribution in [1.29, 1.82) is 0 Å². The fraction of sp³-hybridized carbons (Fsp3) is 0.286. The van der Waals surface area contributed by atoms with E-state index in [2.05, 4.69) is 9.73 Å². The second-order valence-electron chi connectivity index (χ2n) is 7.42. The maximum Gasteiger partial charge on any atom is 0.307 e.